The molecule has 3 rings (SSSR count). The van der Waals surface area contributed by atoms with Crippen LogP contribution in [0.2, 0.25) is 0 Å². The Labute approximate surface area is 172 Å². The summed E-state index contributed by atoms with van der Waals surface area (Å²) in [6.45, 7) is -0.296. The normalized spacial score (nSPS) is 10.5. The molecule has 154 valence electrons. The van der Waals surface area contributed by atoms with Crippen molar-refractivity contribution in [2.75, 3.05) is 6.54 Å². The molecule has 0 bridgehead atoms. The second kappa shape index (κ2) is 9.65. The number of aliphatic carboxylic acids is 1. The van der Waals surface area contributed by atoms with Crippen molar-refractivity contribution in [3.63, 3.8) is 0 Å². The van der Waals surface area contributed by atoms with E-state index in [4.69, 9.17) is 4.74 Å². The van der Waals surface area contributed by atoms with E-state index in [1.54, 1.807) is 30.3 Å². The minimum Gasteiger partial charge on any atom is -0.489 e. The number of carboxylic acid groups (broad SMARTS) is 1. The Balaban J connectivity index is 1.73. The van der Waals surface area contributed by atoms with Crippen LogP contribution >= 0.6 is 0 Å². The molecule has 0 atom stereocenters. The average molecular weight is 411 g/mol. The van der Waals surface area contributed by atoms with E-state index in [2.05, 4.69) is 0 Å². The van der Waals surface area contributed by atoms with Crippen LogP contribution in [0, 0.1) is 11.6 Å². The highest BCUT2D eigenvalue weighted by Gasteiger charge is 2.19. The van der Waals surface area contributed by atoms with E-state index < -0.39 is 24.2 Å². The van der Waals surface area contributed by atoms with Crippen LogP contribution in [0.4, 0.5) is 8.78 Å². The third-order valence-electron chi connectivity index (χ3n) is 4.30. The van der Waals surface area contributed by atoms with Crippen molar-refractivity contribution in [3.8, 4) is 5.75 Å². The molecule has 0 radical (unpaired) electrons. The van der Waals surface area contributed by atoms with Crippen molar-refractivity contribution in [2.24, 2.45) is 0 Å². The third-order valence-corrected chi connectivity index (χ3v) is 4.30. The van der Waals surface area contributed by atoms with Crippen LogP contribution in [0.5, 0.6) is 5.75 Å². The first kappa shape index (κ1) is 21.0. The molecular formula is C23H19F2NO4. The van der Waals surface area contributed by atoms with Crippen LogP contribution in [0.15, 0.2) is 72.8 Å². The monoisotopic (exact) mass is 411 g/mol. The number of hydrogen-bond acceptors (Lipinski definition) is 3. The van der Waals surface area contributed by atoms with Gasteiger partial charge in [-0.3, -0.25) is 9.59 Å². The zero-order valence-corrected chi connectivity index (χ0v) is 15.9. The van der Waals surface area contributed by atoms with E-state index in [1.807, 2.05) is 0 Å². The molecule has 0 saturated heterocycles. The first-order valence-electron chi connectivity index (χ1n) is 9.13. The summed E-state index contributed by atoms with van der Waals surface area (Å²) in [6.07, 6.45) is 0. The standard InChI is InChI=1S/C23H19F2NO4/c24-19-8-4-16(5-9-19)13-26(14-22(27)28)23(29)18-2-1-3-21(12-18)30-15-17-6-10-20(25)11-7-17/h1-12H,13-15H2,(H,27,28). The molecule has 0 aliphatic carbocycles. The maximum absolute atomic E-state index is 13.1. The van der Waals surface area contributed by atoms with Crippen molar-refractivity contribution in [1.29, 1.82) is 0 Å². The number of carboxylic acids is 1. The van der Waals surface area contributed by atoms with Gasteiger partial charge >= 0.3 is 5.97 Å². The summed E-state index contributed by atoms with van der Waals surface area (Å²) in [5.74, 6) is -1.99. The predicted molar refractivity (Wildman–Crippen MR) is 106 cm³/mol. The Morgan fingerprint density at radius 2 is 1.47 bits per heavy atom. The third kappa shape index (κ3) is 5.88. The van der Waals surface area contributed by atoms with Gasteiger partial charge < -0.3 is 14.7 Å². The first-order chi connectivity index (χ1) is 14.4. The highest BCUT2D eigenvalue weighted by molar-refractivity contribution is 5.96. The number of amides is 1. The van der Waals surface area contributed by atoms with Gasteiger partial charge in [-0.2, -0.15) is 0 Å². The highest BCUT2D eigenvalue weighted by Crippen LogP contribution is 2.18. The second-order valence-electron chi connectivity index (χ2n) is 6.62. The van der Waals surface area contributed by atoms with Crippen LogP contribution in [0.1, 0.15) is 21.5 Å². The molecule has 3 aromatic rings. The van der Waals surface area contributed by atoms with E-state index in [-0.39, 0.29) is 24.5 Å². The lowest BCUT2D eigenvalue weighted by Gasteiger charge is -2.21. The molecular weight excluding hydrogens is 392 g/mol. The van der Waals surface area contributed by atoms with Gasteiger partial charge in [-0.25, -0.2) is 8.78 Å². The SMILES string of the molecule is O=C(O)CN(Cc1ccc(F)cc1)C(=O)c1cccc(OCc2ccc(F)cc2)c1. The number of carbonyl (C=O) groups excluding carboxylic acids is 1. The fraction of sp³-hybridized carbons (Fsp3) is 0.130. The lowest BCUT2D eigenvalue weighted by Crippen LogP contribution is -2.35. The maximum atomic E-state index is 13.1. The van der Waals surface area contributed by atoms with E-state index in [1.165, 1.54) is 42.5 Å². The molecule has 0 aliphatic heterocycles. The quantitative estimate of drug-likeness (QED) is 0.601. The largest absolute Gasteiger partial charge is 0.489 e. The summed E-state index contributed by atoms with van der Waals surface area (Å²) < 4.78 is 31.8. The molecule has 0 fully saturated rings. The van der Waals surface area contributed by atoms with Gasteiger partial charge in [0.25, 0.3) is 5.91 Å². The van der Waals surface area contributed by atoms with Gasteiger partial charge in [0.05, 0.1) is 0 Å². The minimum atomic E-state index is -1.16. The Morgan fingerprint density at radius 3 is 2.07 bits per heavy atom. The van der Waals surface area contributed by atoms with Crippen molar-refractivity contribution >= 4 is 11.9 Å². The lowest BCUT2D eigenvalue weighted by atomic mass is 10.1. The number of nitrogens with zero attached hydrogens (tertiary/aromatic N) is 1. The number of rotatable bonds is 8. The maximum Gasteiger partial charge on any atom is 0.323 e. The van der Waals surface area contributed by atoms with E-state index in [9.17, 15) is 23.5 Å². The zero-order chi connectivity index (χ0) is 21.5. The van der Waals surface area contributed by atoms with Crippen molar-refractivity contribution in [3.05, 3.63) is 101 Å². The molecule has 0 saturated carbocycles. The molecule has 0 aromatic heterocycles. The number of carbonyl (C=O) groups is 2. The van der Waals surface area contributed by atoms with Crippen LogP contribution < -0.4 is 4.74 Å². The second-order valence-corrected chi connectivity index (χ2v) is 6.62. The molecule has 1 amide bonds. The van der Waals surface area contributed by atoms with Crippen molar-refractivity contribution in [2.45, 2.75) is 13.2 Å². The Morgan fingerprint density at radius 1 is 0.867 bits per heavy atom. The number of halogens is 2. The molecule has 0 unspecified atom stereocenters. The van der Waals surface area contributed by atoms with Gasteiger partial charge in [-0.1, -0.05) is 30.3 Å². The van der Waals surface area contributed by atoms with E-state index in [0.717, 1.165) is 10.5 Å². The molecule has 0 aliphatic rings. The lowest BCUT2D eigenvalue weighted by molar-refractivity contribution is -0.137. The molecule has 5 nitrogen and oxygen atoms in total. The molecule has 7 heteroatoms. The van der Waals surface area contributed by atoms with Crippen LogP contribution in [0.25, 0.3) is 0 Å². The topological polar surface area (TPSA) is 66.8 Å². The number of ether oxygens (including phenoxy) is 1. The summed E-state index contributed by atoms with van der Waals surface area (Å²) in [7, 11) is 0. The molecule has 0 heterocycles. The molecule has 3 aromatic carbocycles. The smallest absolute Gasteiger partial charge is 0.323 e. The van der Waals surface area contributed by atoms with Crippen LogP contribution in [0.3, 0.4) is 0 Å². The fourth-order valence-corrected chi connectivity index (χ4v) is 2.82. The van der Waals surface area contributed by atoms with E-state index in [0.29, 0.717) is 11.3 Å². The van der Waals surface area contributed by atoms with Gasteiger partial charge in [0.1, 0.15) is 30.5 Å². The summed E-state index contributed by atoms with van der Waals surface area (Å²) in [5, 5.41) is 9.18. The predicted octanol–water partition coefficient (Wildman–Crippen LogP) is 4.27. The van der Waals surface area contributed by atoms with Gasteiger partial charge in [0, 0.05) is 12.1 Å². The fourth-order valence-electron chi connectivity index (χ4n) is 2.82. The molecule has 30 heavy (non-hydrogen) atoms. The average Bonchev–Trinajstić information content (AvgIpc) is 2.74. The summed E-state index contributed by atoms with van der Waals surface area (Å²) in [5.41, 5.74) is 1.63. The molecule has 1 N–H and O–H groups in total. The van der Waals surface area contributed by atoms with Gasteiger partial charge in [-0.05, 0) is 53.6 Å². The Hall–Kier alpha value is -3.74. The molecule has 0 spiro atoms. The Bertz CT molecular complexity index is 1020. The van der Waals surface area contributed by atoms with Gasteiger partial charge in [0.2, 0.25) is 0 Å². The van der Waals surface area contributed by atoms with Gasteiger partial charge in [0.15, 0.2) is 0 Å². The van der Waals surface area contributed by atoms with Crippen molar-refractivity contribution < 1.29 is 28.2 Å². The van der Waals surface area contributed by atoms with Gasteiger partial charge in [-0.15, -0.1) is 0 Å². The zero-order valence-electron chi connectivity index (χ0n) is 15.9. The number of benzene rings is 3. The Kier molecular flexibility index (Phi) is 6.75. The van der Waals surface area contributed by atoms with Crippen LogP contribution in [-0.2, 0) is 17.9 Å². The van der Waals surface area contributed by atoms with Crippen molar-refractivity contribution in [1.82, 2.24) is 4.90 Å². The number of hydrogen-bond donors (Lipinski definition) is 1. The first-order valence-corrected chi connectivity index (χ1v) is 9.13. The highest BCUT2D eigenvalue weighted by atomic mass is 19.1. The van der Waals surface area contributed by atoms with E-state index >= 15 is 0 Å². The minimum absolute atomic E-state index is 0.0199. The van der Waals surface area contributed by atoms with Crippen LogP contribution in [-0.4, -0.2) is 28.4 Å². The summed E-state index contributed by atoms with van der Waals surface area (Å²) in [4.78, 5) is 25.3. The summed E-state index contributed by atoms with van der Waals surface area (Å²) in [6, 6.07) is 17.7. The summed E-state index contributed by atoms with van der Waals surface area (Å²) >= 11 is 0.